The van der Waals surface area contributed by atoms with Gasteiger partial charge < -0.3 is 5.32 Å². The normalized spacial score (nSPS) is 12.0. The molecule has 0 aliphatic rings. The number of aromatic nitrogens is 2. The number of aromatic amines is 1. The first-order valence-electron chi connectivity index (χ1n) is 5.48. The van der Waals surface area contributed by atoms with Crippen LogP contribution in [0, 0.1) is 0 Å². The second kappa shape index (κ2) is 4.92. The van der Waals surface area contributed by atoms with E-state index < -0.39 is 0 Å². The van der Waals surface area contributed by atoms with E-state index in [4.69, 9.17) is 0 Å². The molecule has 0 aromatic carbocycles. The number of hydrogen-bond donors (Lipinski definition) is 2. The maximum absolute atomic E-state index is 4.14. The first-order valence-corrected chi connectivity index (χ1v) is 7.15. The molecule has 17 heavy (non-hydrogen) atoms. The van der Waals surface area contributed by atoms with Gasteiger partial charge in [0.25, 0.3) is 0 Å². The Labute approximate surface area is 114 Å². The number of halogens is 1. The van der Waals surface area contributed by atoms with Gasteiger partial charge in [-0.3, -0.25) is 5.10 Å². The smallest absolute Gasteiger partial charge is 0.0806 e. The predicted molar refractivity (Wildman–Crippen MR) is 76.2 cm³/mol. The van der Waals surface area contributed by atoms with E-state index in [0.29, 0.717) is 0 Å². The van der Waals surface area contributed by atoms with Gasteiger partial charge in [-0.25, -0.2) is 0 Å². The fraction of sp³-hybridized carbons (Fsp3) is 0.417. The van der Waals surface area contributed by atoms with Crippen LogP contribution in [0.25, 0.3) is 10.6 Å². The second-order valence-corrected chi connectivity index (χ2v) is 6.74. The highest BCUT2D eigenvalue weighted by molar-refractivity contribution is 9.10. The maximum Gasteiger partial charge on any atom is 0.0806 e. The van der Waals surface area contributed by atoms with Gasteiger partial charge in [0.1, 0.15) is 0 Å². The molecule has 0 saturated carbocycles. The summed E-state index contributed by atoms with van der Waals surface area (Å²) in [4.78, 5) is 1.20. The number of hydrogen-bond acceptors (Lipinski definition) is 3. The lowest BCUT2D eigenvalue weighted by Crippen LogP contribution is -2.35. The van der Waals surface area contributed by atoms with E-state index in [2.05, 4.69) is 63.7 Å². The number of nitrogens with one attached hydrogen (secondary N) is 2. The van der Waals surface area contributed by atoms with Crippen molar-refractivity contribution < 1.29 is 0 Å². The molecule has 2 N–H and O–H groups in total. The van der Waals surface area contributed by atoms with Gasteiger partial charge in [0, 0.05) is 22.1 Å². The van der Waals surface area contributed by atoms with Gasteiger partial charge in [0.2, 0.25) is 0 Å². The Balaban J connectivity index is 2.21. The molecule has 2 aromatic rings. The van der Waals surface area contributed by atoms with E-state index in [1.54, 1.807) is 11.3 Å². The maximum atomic E-state index is 4.14. The van der Waals surface area contributed by atoms with Crippen LogP contribution in [-0.4, -0.2) is 15.7 Å². The summed E-state index contributed by atoms with van der Waals surface area (Å²) in [5, 5.41) is 12.8. The lowest BCUT2D eigenvalue weighted by atomic mass is 10.1. The van der Waals surface area contributed by atoms with Crippen LogP contribution in [0.2, 0.25) is 0 Å². The van der Waals surface area contributed by atoms with Crippen molar-refractivity contribution in [1.29, 1.82) is 0 Å². The van der Waals surface area contributed by atoms with E-state index >= 15 is 0 Å². The summed E-state index contributed by atoms with van der Waals surface area (Å²) in [6.45, 7) is 7.30. The standard InChI is InChI=1S/C12H16BrN3S/c1-12(2,3)14-6-8-7-15-16-10(8)11-9(13)4-5-17-11/h4-5,7,14H,6H2,1-3H3,(H,15,16). The molecule has 3 nitrogen and oxygen atoms in total. The molecule has 2 rings (SSSR count). The third-order valence-electron chi connectivity index (χ3n) is 2.37. The molecule has 0 unspecified atom stereocenters. The summed E-state index contributed by atoms with van der Waals surface area (Å²) in [5.74, 6) is 0. The minimum absolute atomic E-state index is 0.112. The van der Waals surface area contributed by atoms with E-state index in [0.717, 1.165) is 16.7 Å². The molecule has 0 radical (unpaired) electrons. The monoisotopic (exact) mass is 313 g/mol. The van der Waals surface area contributed by atoms with Gasteiger partial charge >= 0.3 is 0 Å². The molecule has 2 aromatic heterocycles. The first-order chi connectivity index (χ1) is 7.97. The molecule has 5 heteroatoms. The average Bonchev–Trinajstić information content (AvgIpc) is 2.81. The van der Waals surface area contributed by atoms with Gasteiger partial charge in [0.05, 0.1) is 16.8 Å². The molecule has 0 bridgehead atoms. The van der Waals surface area contributed by atoms with Crippen LogP contribution in [0.1, 0.15) is 26.3 Å². The van der Waals surface area contributed by atoms with Crippen molar-refractivity contribution in [3.8, 4) is 10.6 Å². The largest absolute Gasteiger partial charge is 0.308 e. The van der Waals surface area contributed by atoms with Crippen LogP contribution in [0.4, 0.5) is 0 Å². The Hall–Kier alpha value is -0.650. The average molecular weight is 314 g/mol. The Morgan fingerprint density at radius 2 is 2.24 bits per heavy atom. The van der Waals surface area contributed by atoms with E-state index in [1.807, 2.05) is 6.20 Å². The third-order valence-corrected chi connectivity index (χ3v) is 4.23. The topological polar surface area (TPSA) is 40.7 Å². The minimum atomic E-state index is 0.112. The quantitative estimate of drug-likeness (QED) is 0.905. The minimum Gasteiger partial charge on any atom is -0.308 e. The van der Waals surface area contributed by atoms with Crippen molar-refractivity contribution in [2.24, 2.45) is 0 Å². The molecule has 0 fully saturated rings. The van der Waals surface area contributed by atoms with Crippen molar-refractivity contribution in [3.05, 3.63) is 27.7 Å². The lowest BCUT2D eigenvalue weighted by molar-refractivity contribution is 0.424. The second-order valence-electron chi connectivity index (χ2n) is 4.97. The molecule has 0 amide bonds. The molecule has 0 saturated heterocycles. The highest BCUT2D eigenvalue weighted by atomic mass is 79.9. The Bertz CT molecular complexity index is 496. The first kappa shape index (κ1) is 12.8. The van der Waals surface area contributed by atoms with Crippen molar-refractivity contribution in [2.45, 2.75) is 32.9 Å². The van der Waals surface area contributed by atoms with Gasteiger partial charge in [-0.15, -0.1) is 11.3 Å². The lowest BCUT2D eigenvalue weighted by Gasteiger charge is -2.20. The summed E-state index contributed by atoms with van der Waals surface area (Å²) < 4.78 is 1.11. The van der Waals surface area contributed by atoms with Crippen molar-refractivity contribution >= 4 is 27.3 Å². The molecule has 0 aliphatic carbocycles. The molecular weight excluding hydrogens is 298 g/mol. The SMILES string of the molecule is CC(C)(C)NCc1cn[nH]c1-c1sccc1Br. The van der Waals surface area contributed by atoms with Crippen LogP contribution in [-0.2, 0) is 6.54 Å². The van der Waals surface area contributed by atoms with E-state index in [-0.39, 0.29) is 5.54 Å². The van der Waals surface area contributed by atoms with E-state index in [9.17, 15) is 0 Å². The van der Waals surface area contributed by atoms with Gasteiger partial charge in [-0.05, 0) is 48.1 Å². The number of rotatable bonds is 3. The van der Waals surface area contributed by atoms with Crippen molar-refractivity contribution in [1.82, 2.24) is 15.5 Å². The molecule has 2 heterocycles. The van der Waals surface area contributed by atoms with Crippen LogP contribution in [0.5, 0.6) is 0 Å². The fourth-order valence-electron chi connectivity index (χ4n) is 1.47. The van der Waals surface area contributed by atoms with Gasteiger partial charge in [-0.1, -0.05) is 0 Å². The van der Waals surface area contributed by atoms with Crippen LogP contribution in [0.15, 0.2) is 22.1 Å². The highest BCUT2D eigenvalue weighted by Crippen LogP contribution is 2.34. The van der Waals surface area contributed by atoms with Gasteiger partial charge in [-0.2, -0.15) is 5.10 Å². The summed E-state index contributed by atoms with van der Waals surface area (Å²) in [7, 11) is 0. The predicted octanol–water partition coefficient (Wildman–Crippen LogP) is 3.79. The number of H-pyrrole nitrogens is 1. The molecule has 0 atom stereocenters. The zero-order chi connectivity index (χ0) is 12.5. The third kappa shape index (κ3) is 3.18. The van der Waals surface area contributed by atoms with E-state index in [1.165, 1.54) is 10.4 Å². The van der Waals surface area contributed by atoms with Crippen molar-refractivity contribution in [2.75, 3.05) is 0 Å². The molecule has 92 valence electrons. The molecular formula is C12H16BrN3S. The van der Waals surface area contributed by atoms with Crippen LogP contribution >= 0.6 is 27.3 Å². The Morgan fingerprint density at radius 3 is 2.82 bits per heavy atom. The molecule has 0 spiro atoms. The summed E-state index contributed by atoms with van der Waals surface area (Å²) >= 11 is 5.26. The fourth-order valence-corrected chi connectivity index (χ4v) is 3.08. The summed E-state index contributed by atoms with van der Waals surface area (Å²) in [6.07, 6.45) is 1.89. The zero-order valence-electron chi connectivity index (χ0n) is 10.2. The van der Waals surface area contributed by atoms with Crippen LogP contribution in [0.3, 0.4) is 0 Å². The Kier molecular flexibility index (Phi) is 3.70. The van der Waals surface area contributed by atoms with Crippen LogP contribution < -0.4 is 5.32 Å². The Morgan fingerprint density at radius 1 is 1.47 bits per heavy atom. The number of thiophene rings is 1. The number of nitrogens with zero attached hydrogens (tertiary/aromatic N) is 1. The highest BCUT2D eigenvalue weighted by Gasteiger charge is 2.14. The summed E-state index contributed by atoms with van der Waals surface area (Å²) in [6, 6.07) is 2.06. The van der Waals surface area contributed by atoms with Gasteiger partial charge in [0.15, 0.2) is 0 Å². The zero-order valence-corrected chi connectivity index (χ0v) is 12.6. The summed E-state index contributed by atoms with van der Waals surface area (Å²) in [5.41, 5.74) is 2.41. The molecule has 0 aliphatic heterocycles. The van der Waals surface area contributed by atoms with Crippen molar-refractivity contribution in [3.63, 3.8) is 0 Å².